The van der Waals surface area contributed by atoms with Crippen LogP contribution in [0.5, 0.6) is 11.5 Å². The number of ether oxygens (including phenoxy) is 2. The number of rotatable bonds is 8. The Morgan fingerprint density at radius 1 is 0.880 bits per heavy atom. The fourth-order valence-corrected chi connectivity index (χ4v) is 2.71. The molecule has 0 bridgehead atoms. The van der Waals surface area contributed by atoms with Gasteiger partial charge in [-0.2, -0.15) is 0 Å². The summed E-state index contributed by atoms with van der Waals surface area (Å²) < 4.78 is 16.5. The standard InChI is InChI=1S/C21H23NO3/c1-23-20-10-8-16(14-21(20)24-2)12-13-22-15-18-9-11-19(25-18)17-6-4-3-5-7-17/h3-11,14,22H,12-13,15H2,1-2H3. The van der Waals surface area contributed by atoms with E-state index in [0.717, 1.165) is 41.5 Å². The fourth-order valence-electron chi connectivity index (χ4n) is 2.71. The summed E-state index contributed by atoms with van der Waals surface area (Å²) in [7, 11) is 3.30. The van der Waals surface area contributed by atoms with Crippen molar-refractivity contribution < 1.29 is 13.9 Å². The molecule has 4 nitrogen and oxygen atoms in total. The molecule has 0 aliphatic heterocycles. The number of hydrogen-bond donors (Lipinski definition) is 1. The molecular formula is C21H23NO3. The molecule has 3 rings (SSSR count). The summed E-state index contributed by atoms with van der Waals surface area (Å²) in [6.07, 6.45) is 0.909. The van der Waals surface area contributed by atoms with Crippen LogP contribution in [0.25, 0.3) is 11.3 Å². The van der Waals surface area contributed by atoms with Crippen LogP contribution in [0, 0.1) is 0 Å². The first kappa shape index (κ1) is 17.1. The van der Waals surface area contributed by atoms with Gasteiger partial charge in [0.2, 0.25) is 0 Å². The summed E-state index contributed by atoms with van der Waals surface area (Å²) in [4.78, 5) is 0. The third-order valence-electron chi connectivity index (χ3n) is 4.06. The Hall–Kier alpha value is -2.72. The van der Waals surface area contributed by atoms with Gasteiger partial charge in [-0.3, -0.25) is 0 Å². The highest BCUT2D eigenvalue weighted by molar-refractivity contribution is 5.57. The summed E-state index contributed by atoms with van der Waals surface area (Å²) >= 11 is 0. The zero-order valence-corrected chi connectivity index (χ0v) is 14.6. The van der Waals surface area contributed by atoms with E-state index in [2.05, 4.69) is 11.4 Å². The van der Waals surface area contributed by atoms with Crippen molar-refractivity contribution in [3.05, 3.63) is 72.0 Å². The van der Waals surface area contributed by atoms with Crippen molar-refractivity contribution in [2.75, 3.05) is 20.8 Å². The van der Waals surface area contributed by atoms with Gasteiger partial charge in [-0.25, -0.2) is 0 Å². The number of methoxy groups -OCH3 is 2. The Balaban J connectivity index is 1.50. The zero-order chi connectivity index (χ0) is 17.5. The maximum absolute atomic E-state index is 5.89. The lowest BCUT2D eigenvalue weighted by Crippen LogP contribution is -2.16. The molecule has 0 amide bonds. The molecule has 4 heteroatoms. The van der Waals surface area contributed by atoms with Crippen LogP contribution in [-0.4, -0.2) is 20.8 Å². The van der Waals surface area contributed by atoms with Crippen molar-refractivity contribution in [1.29, 1.82) is 0 Å². The normalized spacial score (nSPS) is 10.6. The summed E-state index contributed by atoms with van der Waals surface area (Å²) in [5.41, 5.74) is 2.30. The molecule has 1 N–H and O–H groups in total. The molecule has 130 valence electrons. The molecule has 3 aromatic rings. The fraction of sp³-hybridized carbons (Fsp3) is 0.238. The number of furan rings is 1. The first-order valence-corrected chi connectivity index (χ1v) is 8.36. The second-order valence-corrected chi connectivity index (χ2v) is 5.75. The number of nitrogens with one attached hydrogen (secondary N) is 1. The molecule has 0 aliphatic rings. The SMILES string of the molecule is COc1ccc(CCNCc2ccc(-c3ccccc3)o2)cc1OC. The van der Waals surface area contributed by atoms with Gasteiger partial charge in [0.1, 0.15) is 11.5 Å². The summed E-state index contributed by atoms with van der Waals surface area (Å²) in [6.45, 7) is 1.57. The molecule has 0 unspecified atom stereocenters. The Morgan fingerprint density at radius 3 is 2.44 bits per heavy atom. The molecule has 0 atom stereocenters. The van der Waals surface area contributed by atoms with Gasteiger partial charge >= 0.3 is 0 Å². The molecule has 0 aliphatic carbocycles. The van der Waals surface area contributed by atoms with Gasteiger partial charge in [-0.05, 0) is 42.8 Å². The first-order valence-electron chi connectivity index (χ1n) is 8.36. The molecule has 0 spiro atoms. The predicted octanol–water partition coefficient (Wildman–Crippen LogP) is 4.30. The average Bonchev–Trinajstić information content (AvgIpc) is 3.14. The van der Waals surface area contributed by atoms with Gasteiger partial charge in [0.05, 0.1) is 20.8 Å². The molecule has 0 saturated carbocycles. The molecule has 2 aromatic carbocycles. The second-order valence-electron chi connectivity index (χ2n) is 5.75. The summed E-state index contributed by atoms with van der Waals surface area (Å²) in [6, 6.07) is 20.2. The molecule has 0 saturated heterocycles. The lowest BCUT2D eigenvalue weighted by molar-refractivity contribution is 0.354. The minimum atomic E-state index is 0.708. The minimum absolute atomic E-state index is 0.708. The van der Waals surface area contributed by atoms with Crippen molar-refractivity contribution in [3.63, 3.8) is 0 Å². The number of benzene rings is 2. The number of hydrogen-bond acceptors (Lipinski definition) is 4. The third-order valence-corrected chi connectivity index (χ3v) is 4.06. The van der Waals surface area contributed by atoms with Crippen molar-refractivity contribution in [2.45, 2.75) is 13.0 Å². The van der Waals surface area contributed by atoms with E-state index in [0.29, 0.717) is 6.54 Å². The van der Waals surface area contributed by atoms with E-state index < -0.39 is 0 Å². The lowest BCUT2D eigenvalue weighted by Gasteiger charge is -2.09. The Kier molecular flexibility index (Phi) is 5.75. The van der Waals surface area contributed by atoms with E-state index in [1.807, 2.05) is 54.6 Å². The molecule has 1 heterocycles. The van der Waals surface area contributed by atoms with E-state index in [1.165, 1.54) is 5.56 Å². The molecule has 0 fully saturated rings. The van der Waals surface area contributed by atoms with Crippen LogP contribution in [0.4, 0.5) is 0 Å². The highest BCUT2D eigenvalue weighted by Gasteiger charge is 2.06. The van der Waals surface area contributed by atoms with Gasteiger partial charge in [0.15, 0.2) is 11.5 Å². The van der Waals surface area contributed by atoms with Crippen molar-refractivity contribution in [3.8, 4) is 22.8 Å². The predicted molar refractivity (Wildman–Crippen MR) is 99.1 cm³/mol. The van der Waals surface area contributed by atoms with E-state index >= 15 is 0 Å². The van der Waals surface area contributed by atoms with Crippen LogP contribution in [0.3, 0.4) is 0 Å². The maximum atomic E-state index is 5.89. The van der Waals surface area contributed by atoms with Gasteiger partial charge < -0.3 is 19.2 Å². The van der Waals surface area contributed by atoms with Crippen molar-refractivity contribution in [1.82, 2.24) is 5.32 Å². The smallest absolute Gasteiger partial charge is 0.160 e. The highest BCUT2D eigenvalue weighted by Crippen LogP contribution is 2.27. The van der Waals surface area contributed by atoms with Crippen molar-refractivity contribution in [2.24, 2.45) is 0 Å². The lowest BCUT2D eigenvalue weighted by atomic mass is 10.1. The van der Waals surface area contributed by atoms with E-state index in [4.69, 9.17) is 13.9 Å². The van der Waals surface area contributed by atoms with Crippen LogP contribution < -0.4 is 14.8 Å². The van der Waals surface area contributed by atoms with E-state index in [9.17, 15) is 0 Å². The molecular weight excluding hydrogens is 314 g/mol. The molecule has 0 radical (unpaired) electrons. The topological polar surface area (TPSA) is 43.6 Å². The molecule has 25 heavy (non-hydrogen) atoms. The Bertz CT molecular complexity index is 796. The summed E-state index contributed by atoms with van der Waals surface area (Å²) in [5, 5.41) is 3.42. The Morgan fingerprint density at radius 2 is 1.68 bits per heavy atom. The van der Waals surface area contributed by atoms with Gasteiger partial charge in [-0.1, -0.05) is 36.4 Å². The van der Waals surface area contributed by atoms with Gasteiger partial charge in [0, 0.05) is 5.56 Å². The largest absolute Gasteiger partial charge is 0.493 e. The van der Waals surface area contributed by atoms with Gasteiger partial charge in [0.25, 0.3) is 0 Å². The van der Waals surface area contributed by atoms with Crippen LogP contribution in [0.2, 0.25) is 0 Å². The van der Waals surface area contributed by atoms with Crippen LogP contribution in [0.15, 0.2) is 65.1 Å². The Labute approximate surface area is 148 Å². The first-order chi connectivity index (χ1) is 12.3. The van der Waals surface area contributed by atoms with Crippen molar-refractivity contribution >= 4 is 0 Å². The van der Waals surface area contributed by atoms with Crippen LogP contribution >= 0.6 is 0 Å². The van der Waals surface area contributed by atoms with Crippen LogP contribution in [-0.2, 0) is 13.0 Å². The second kappa shape index (κ2) is 8.40. The van der Waals surface area contributed by atoms with Crippen LogP contribution in [0.1, 0.15) is 11.3 Å². The van der Waals surface area contributed by atoms with Gasteiger partial charge in [-0.15, -0.1) is 0 Å². The third kappa shape index (κ3) is 4.43. The molecule has 1 aromatic heterocycles. The zero-order valence-electron chi connectivity index (χ0n) is 14.6. The monoisotopic (exact) mass is 337 g/mol. The highest BCUT2D eigenvalue weighted by atomic mass is 16.5. The maximum Gasteiger partial charge on any atom is 0.160 e. The minimum Gasteiger partial charge on any atom is -0.493 e. The van der Waals surface area contributed by atoms with E-state index in [1.54, 1.807) is 14.2 Å². The average molecular weight is 337 g/mol. The quantitative estimate of drug-likeness (QED) is 0.623. The van der Waals surface area contributed by atoms with E-state index in [-0.39, 0.29) is 0 Å². The summed E-state index contributed by atoms with van der Waals surface area (Å²) in [5.74, 6) is 3.35.